The van der Waals surface area contributed by atoms with E-state index in [-0.39, 0.29) is 11.9 Å². The molecule has 0 saturated carbocycles. The quantitative estimate of drug-likeness (QED) is 0.783. The van der Waals surface area contributed by atoms with Crippen LogP contribution in [0.4, 0.5) is 0 Å². The maximum absolute atomic E-state index is 12.4. The molecule has 3 aromatic rings. The third-order valence-electron chi connectivity index (χ3n) is 3.17. The Kier molecular flexibility index (Phi) is 3.31. The zero-order chi connectivity index (χ0) is 14.8. The van der Waals surface area contributed by atoms with Crippen molar-refractivity contribution in [3.05, 3.63) is 53.9 Å². The van der Waals surface area contributed by atoms with Gasteiger partial charge in [-0.2, -0.15) is 14.6 Å². The van der Waals surface area contributed by atoms with Gasteiger partial charge in [0.25, 0.3) is 11.7 Å². The summed E-state index contributed by atoms with van der Waals surface area (Å²) in [7, 11) is 0. The van der Waals surface area contributed by atoms with Gasteiger partial charge in [0, 0.05) is 18.1 Å². The first-order valence-corrected chi connectivity index (χ1v) is 6.53. The molecule has 106 valence electrons. The fraction of sp³-hybridized carbons (Fsp3) is 0.214. The molecule has 1 atom stereocenters. The third-order valence-corrected chi connectivity index (χ3v) is 3.17. The van der Waals surface area contributed by atoms with E-state index in [1.807, 2.05) is 26.0 Å². The molecule has 21 heavy (non-hydrogen) atoms. The van der Waals surface area contributed by atoms with Gasteiger partial charge in [0.05, 0.1) is 6.04 Å². The number of aromatic nitrogens is 5. The average molecular weight is 282 g/mol. The normalized spacial score (nSPS) is 12.3. The maximum atomic E-state index is 12.4. The molecule has 0 bridgehead atoms. The van der Waals surface area contributed by atoms with Gasteiger partial charge in [0.15, 0.2) is 0 Å². The lowest BCUT2D eigenvalue weighted by molar-refractivity contribution is 0.0932. The molecule has 0 unspecified atom stereocenters. The molecule has 7 heteroatoms. The van der Waals surface area contributed by atoms with E-state index in [1.54, 1.807) is 18.5 Å². The van der Waals surface area contributed by atoms with Crippen LogP contribution in [0.1, 0.15) is 34.7 Å². The Morgan fingerprint density at radius 1 is 1.33 bits per heavy atom. The fourth-order valence-corrected chi connectivity index (χ4v) is 2.10. The molecule has 0 fully saturated rings. The smallest absolute Gasteiger partial charge is 0.270 e. The van der Waals surface area contributed by atoms with E-state index in [2.05, 4.69) is 25.4 Å². The van der Waals surface area contributed by atoms with Crippen LogP contribution in [-0.4, -0.2) is 30.5 Å². The Hall–Kier alpha value is -2.83. The van der Waals surface area contributed by atoms with Gasteiger partial charge in [-0.05, 0) is 37.6 Å². The first-order chi connectivity index (χ1) is 10.1. The Morgan fingerprint density at radius 3 is 2.86 bits per heavy atom. The fourth-order valence-electron chi connectivity index (χ4n) is 2.10. The molecular weight excluding hydrogens is 268 g/mol. The molecule has 1 amide bonds. The first kappa shape index (κ1) is 13.2. The van der Waals surface area contributed by atoms with Gasteiger partial charge in [-0.25, -0.2) is 4.98 Å². The number of hydrogen-bond donors (Lipinski definition) is 1. The minimum absolute atomic E-state index is 0.132. The molecule has 7 nitrogen and oxygen atoms in total. The van der Waals surface area contributed by atoms with E-state index in [9.17, 15) is 4.79 Å². The monoisotopic (exact) mass is 282 g/mol. The lowest BCUT2D eigenvalue weighted by Gasteiger charge is -2.14. The zero-order valence-corrected chi connectivity index (χ0v) is 11.7. The first-order valence-electron chi connectivity index (χ1n) is 6.53. The van der Waals surface area contributed by atoms with Crippen molar-refractivity contribution in [2.75, 3.05) is 0 Å². The van der Waals surface area contributed by atoms with Crippen LogP contribution < -0.4 is 5.32 Å². The molecule has 0 aliphatic heterocycles. The SMILES string of the molecule is Cc1cc(C(=O)N[C@@H](C)c2ccncc2)n2ncnc2n1. The van der Waals surface area contributed by atoms with Crippen LogP contribution in [0.15, 0.2) is 36.9 Å². The highest BCUT2D eigenvalue weighted by Crippen LogP contribution is 2.12. The van der Waals surface area contributed by atoms with Gasteiger partial charge in [-0.3, -0.25) is 9.78 Å². The third kappa shape index (κ3) is 2.58. The summed E-state index contributed by atoms with van der Waals surface area (Å²) in [4.78, 5) is 24.6. The highest BCUT2D eigenvalue weighted by Gasteiger charge is 2.16. The molecular formula is C14H14N6O. The van der Waals surface area contributed by atoms with Crippen molar-refractivity contribution < 1.29 is 4.79 Å². The Labute approximate surface area is 121 Å². The van der Waals surface area contributed by atoms with Crippen molar-refractivity contribution in [2.24, 2.45) is 0 Å². The number of nitrogens with zero attached hydrogens (tertiary/aromatic N) is 5. The van der Waals surface area contributed by atoms with E-state index < -0.39 is 0 Å². The molecule has 0 radical (unpaired) electrons. The van der Waals surface area contributed by atoms with Gasteiger partial charge >= 0.3 is 0 Å². The molecule has 0 aromatic carbocycles. The van der Waals surface area contributed by atoms with Crippen LogP contribution >= 0.6 is 0 Å². The van der Waals surface area contributed by atoms with Gasteiger partial charge in [-0.15, -0.1) is 0 Å². The van der Waals surface area contributed by atoms with E-state index in [0.29, 0.717) is 11.5 Å². The predicted molar refractivity (Wildman–Crippen MR) is 75.6 cm³/mol. The minimum Gasteiger partial charge on any atom is -0.344 e. The van der Waals surface area contributed by atoms with E-state index in [0.717, 1.165) is 11.3 Å². The van der Waals surface area contributed by atoms with Crippen molar-refractivity contribution >= 4 is 11.7 Å². The van der Waals surface area contributed by atoms with Crippen LogP contribution in [0.2, 0.25) is 0 Å². The van der Waals surface area contributed by atoms with Crippen molar-refractivity contribution in [2.45, 2.75) is 19.9 Å². The van der Waals surface area contributed by atoms with Crippen LogP contribution in [0.3, 0.4) is 0 Å². The van der Waals surface area contributed by atoms with Crippen LogP contribution in [-0.2, 0) is 0 Å². The summed E-state index contributed by atoms with van der Waals surface area (Å²) in [5.41, 5.74) is 2.12. The van der Waals surface area contributed by atoms with E-state index >= 15 is 0 Å². The van der Waals surface area contributed by atoms with E-state index in [1.165, 1.54) is 10.8 Å². The Balaban J connectivity index is 1.89. The Bertz CT molecular complexity index is 783. The highest BCUT2D eigenvalue weighted by molar-refractivity contribution is 5.93. The number of rotatable bonds is 3. The molecule has 1 N–H and O–H groups in total. The van der Waals surface area contributed by atoms with Crippen LogP contribution in [0.5, 0.6) is 0 Å². The second kappa shape index (κ2) is 5.28. The van der Waals surface area contributed by atoms with Crippen LogP contribution in [0, 0.1) is 6.92 Å². The molecule has 3 rings (SSSR count). The lowest BCUT2D eigenvalue weighted by atomic mass is 10.1. The summed E-state index contributed by atoms with van der Waals surface area (Å²) in [6.07, 6.45) is 4.78. The van der Waals surface area contributed by atoms with Crippen LogP contribution in [0.25, 0.3) is 5.78 Å². The largest absolute Gasteiger partial charge is 0.344 e. The number of carbonyl (C=O) groups is 1. The molecule has 3 heterocycles. The summed E-state index contributed by atoms with van der Waals surface area (Å²) in [6.45, 7) is 3.73. The summed E-state index contributed by atoms with van der Waals surface area (Å²) in [5, 5.41) is 6.97. The summed E-state index contributed by atoms with van der Waals surface area (Å²) < 4.78 is 1.43. The second-order valence-corrected chi connectivity index (χ2v) is 4.73. The molecule has 0 aliphatic carbocycles. The predicted octanol–water partition coefficient (Wildman–Crippen LogP) is 1.32. The number of fused-ring (bicyclic) bond motifs is 1. The van der Waals surface area contributed by atoms with Crippen molar-refractivity contribution in [1.29, 1.82) is 0 Å². The standard InChI is InChI=1S/C14H14N6O/c1-9-7-12(20-14(18-9)16-8-17-20)13(21)19-10(2)11-3-5-15-6-4-11/h3-8,10H,1-2H3,(H,19,21)/t10-/m0/s1. The second-order valence-electron chi connectivity index (χ2n) is 4.73. The number of nitrogens with one attached hydrogen (secondary N) is 1. The number of carbonyl (C=O) groups excluding carboxylic acids is 1. The number of amides is 1. The summed E-state index contributed by atoms with van der Waals surface area (Å²) in [5.74, 6) is 0.192. The summed E-state index contributed by atoms with van der Waals surface area (Å²) >= 11 is 0. The van der Waals surface area contributed by atoms with Gasteiger partial charge < -0.3 is 5.32 Å². The lowest BCUT2D eigenvalue weighted by Crippen LogP contribution is -2.28. The topological polar surface area (TPSA) is 85.1 Å². The number of hydrogen-bond acceptors (Lipinski definition) is 5. The van der Waals surface area contributed by atoms with Crippen molar-refractivity contribution in [3.8, 4) is 0 Å². The van der Waals surface area contributed by atoms with Gasteiger partial charge in [0.2, 0.25) is 0 Å². The zero-order valence-electron chi connectivity index (χ0n) is 11.7. The number of aryl methyl sites for hydroxylation is 1. The Morgan fingerprint density at radius 2 is 2.10 bits per heavy atom. The minimum atomic E-state index is -0.222. The molecule has 0 saturated heterocycles. The van der Waals surface area contributed by atoms with Crippen molar-refractivity contribution in [1.82, 2.24) is 29.9 Å². The van der Waals surface area contributed by atoms with Gasteiger partial charge in [0.1, 0.15) is 12.0 Å². The molecule has 0 aliphatic rings. The molecule has 0 spiro atoms. The summed E-state index contributed by atoms with van der Waals surface area (Å²) in [6, 6.07) is 5.30. The average Bonchev–Trinajstić information content (AvgIpc) is 2.95. The van der Waals surface area contributed by atoms with E-state index in [4.69, 9.17) is 0 Å². The maximum Gasteiger partial charge on any atom is 0.270 e. The molecule has 3 aromatic heterocycles. The highest BCUT2D eigenvalue weighted by atomic mass is 16.2. The van der Waals surface area contributed by atoms with Gasteiger partial charge in [-0.1, -0.05) is 0 Å². The van der Waals surface area contributed by atoms with Crippen molar-refractivity contribution in [3.63, 3.8) is 0 Å². The number of pyridine rings is 1.